The highest BCUT2D eigenvalue weighted by Gasteiger charge is 2.51. The number of hydrogen-bond donors (Lipinski definition) is 1. The zero-order chi connectivity index (χ0) is 24.1. The number of benzene rings is 3. The molecule has 0 bridgehead atoms. The van der Waals surface area contributed by atoms with Crippen molar-refractivity contribution in [1.82, 2.24) is 0 Å². The van der Waals surface area contributed by atoms with Gasteiger partial charge in [-0.1, -0.05) is 42.5 Å². The van der Waals surface area contributed by atoms with Gasteiger partial charge >= 0.3 is 0 Å². The lowest BCUT2D eigenvalue weighted by molar-refractivity contribution is -0.136. The molecule has 1 amide bonds. The molecule has 0 aliphatic carbocycles. The molecule has 3 aromatic rings. The molecule has 4 heteroatoms. The number of fused-ring (bicyclic) bond motifs is 1. The summed E-state index contributed by atoms with van der Waals surface area (Å²) < 4.78 is 0. The van der Waals surface area contributed by atoms with Crippen molar-refractivity contribution >= 4 is 17.4 Å². The SMILES string of the molecule is Cc1ccccc1CN1C(=O)[C@@](O)(CC(=O)c2c(C)c(C)c(C)c(C)c2C)c2ccccc21. The number of hydrogen-bond acceptors (Lipinski definition) is 3. The predicted molar refractivity (Wildman–Crippen MR) is 132 cm³/mol. The van der Waals surface area contributed by atoms with Crippen LogP contribution in [0.4, 0.5) is 5.69 Å². The van der Waals surface area contributed by atoms with Crippen LogP contribution in [0.25, 0.3) is 0 Å². The molecule has 0 fully saturated rings. The van der Waals surface area contributed by atoms with E-state index in [9.17, 15) is 14.7 Å². The Balaban J connectivity index is 1.75. The number of anilines is 1. The molecule has 1 atom stereocenters. The van der Waals surface area contributed by atoms with Crippen LogP contribution in [0.3, 0.4) is 0 Å². The fourth-order valence-electron chi connectivity index (χ4n) is 5.03. The van der Waals surface area contributed by atoms with Gasteiger partial charge in [0, 0.05) is 11.1 Å². The molecule has 1 aliphatic heterocycles. The van der Waals surface area contributed by atoms with Gasteiger partial charge in [-0.15, -0.1) is 0 Å². The second-order valence-corrected chi connectivity index (χ2v) is 9.30. The van der Waals surface area contributed by atoms with Gasteiger partial charge in [0.25, 0.3) is 5.91 Å². The van der Waals surface area contributed by atoms with E-state index in [4.69, 9.17) is 0 Å². The van der Waals surface area contributed by atoms with Crippen LogP contribution in [0.5, 0.6) is 0 Å². The number of para-hydroxylation sites is 1. The number of aliphatic hydroxyl groups is 1. The van der Waals surface area contributed by atoms with Crippen molar-refractivity contribution in [3.05, 3.63) is 98.6 Å². The average Bonchev–Trinajstić information content (AvgIpc) is 3.00. The molecule has 0 unspecified atom stereocenters. The molecule has 1 heterocycles. The number of carbonyl (C=O) groups excluding carboxylic acids is 2. The van der Waals surface area contributed by atoms with E-state index >= 15 is 0 Å². The van der Waals surface area contributed by atoms with Crippen LogP contribution in [0, 0.1) is 41.5 Å². The second kappa shape index (κ2) is 8.27. The third-order valence-electron chi connectivity index (χ3n) is 7.52. The van der Waals surface area contributed by atoms with E-state index in [1.54, 1.807) is 17.0 Å². The largest absolute Gasteiger partial charge is 0.375 e. The second-order valence-electron chi connectivity index (χ2n) is 9.30. The molecule has 4 rings (SSSR count). The van der Waals surface area contributed by atoms with E-state index in [1.807, 2.05) is 71.0 Å². The zero-order valence-electron chi connectivity index (χ0n) is 20.2. The summed E-state index contributed by atoms with van der Waals surface area (Å²) in [6.07, 6.45) is -0.281. The topological polar surface area (TPSA) is 57.6 Å². The van der Waals surface area contributed by atoms with Gasteiger partial charge in [-0.25, -0.2) is 0 Å². The molecule has 0 radical (unpaired) electrons. The van der Waals surface area contributed by atoms with Crippen molar-refractivity contribution in [2.24, 2.45) is 0 Å². The van der Waals surface area contributed by atoms with E-state index < -0.39 is 11.5 Å². The number of ketones is 1. The Morgan fingerprint density at radius 3 is 2.00 bits per heavy atom. The van der Waals surface area contributed by atoms with Crippen LogP contribution in [-0.4, -0.2) is 16.8 Å². The van der Waals surface area contributed by atoms with E-state index in [0.717, 1.165) is 33.4 Å². The summed E-state index contributed by atoms with van der Waals surface area (Å²) in [4.78, 5) is 28.9. The number of amides is 1. The Morgan fingerprint density at radius 1 is 0.818 bits per heavy atom. The van der Waals surface area contributed by atoms with Crippen molar-refractivity contribution in [3.8, 4) is 0 Å². The summed E-state index contributed by atoms with van der Waals surface area (Å²) in [5.41, 5.74) is 7.12. The third-order valence-corrected chi connectivity index (χ3v) is 7.52. The molecule has 170 valence electrons. The maximum Gasteiger partial charge on any atom is 0.264 e. The molecule has 3 aromatic carbocycles. The molecular weight excluding hydrogens is 410 g/mol. The Bertz CT molecular complexity index is 1260. The monoisotopic (exact) mass is 441 g/mol. The summed E-state index contributed by atoms with van der Waals surface area (Å²) in [6.45, 7) is 12.3. The van der Waals surface area contributed by atoms with Crippen LogP contribution in [0.1, 0.15) is 61.3 Å². The normalized spacial score (nSPS) is 17.4. The Labute approximate surface area is 195 Å². The van der Waals surface area contributed by atoms with Crippen molar-refractivity contribution < 1.29 is 14.7 Å². The molecule has 4 nitrogen and oxygen atoms in total. The van der Waals surface area contributed by atoms with Crippen molar-refractivity contribution in [2.75, 3.05) is 4.90 Å². The number of rotatable bonds is 5. The van der Waals surface area contributed by atoms with Crippen LogP contribution in [0.2, 0.25) is 0 Å². The van der Waals surface area contributed by atoms with Gasteiger partial charge in [-0.05, 0) is 86.6 Å². The first-order valence-corrected chi connectivity index (χ1v) is 11.4. The van der Waals surface area contributed by atoms with E-state index in [2.05, 4.69) is 6.92 Å². The average molecular weight is 442 g/mol. The highest BCUT2D eigenvalue weighted by atomic mass is 16.3. The molecule has 0 spiro atoms. The minimum absolute atomic E-state index is 0.209. The van der Waals surface area contributed by atoms with Gasteiger partial charge in [0.2, 0.25) is 0 Å². The van der Waals surface area contributed by atoms with E-state index in [-0.39, 0.29) is 12.2 Å². The highest BCUT2D eigenvalue weighted by Crippen LogP contribution is 2.44. The Kier molecular flexibility index (Phi) is 5.75. The molecule has 0 saturated carbocycles. The van der Waals surface area contributed by atoms with Gasteiger partial charge in [-0.3, -0.25) is 9.59 Å². The minimum atomic E-state index is -1.89. The summed E-state index contributed by atoms with van der Waals surface area (Å²) in [5.74, 6) is -0.657. The van der Waals surface area contributed by atoms with Gasteiger partial charge in [-0.2, -0.15) is 0 Å². The van der Waals surface area contributed by atoms with Crippen LogP contribution in [-0.2, 0) is 16.9 Å². The highest BCUT2D eigenvalue weighted by molar-refractivity contribution is 6.11. The van der Waals surface area contributed by atoms with E-state index in [1.165, 1.54) is 5.56 Å². The zero-order valence-corrected chi connectivity index (χ0v) is 20.2. The van der Waals surface area contributed by atoms with Crippen LogP contribution in [0.15, 0.2) is 48.5 Å². The van der Waals surface area contributed by atoms with E-state index in [0.29, 0.717) is 23.4 Å². The lowest BCUT2D eigenvalue weighted by Crippen LogP contribution is -2.41. The Morgan fingerprint density at radius 2 is 1.36 bits per heavy atom. The first kappa shape index (κ1) is 22.9. The standard InChI is InChI=1S/C29H31NO3/c1-17-11-7-8-12-23(17)16-30-25-14-10-9-13-24(25)29(33,28(30)32)15-26(31)27-21(5)19(3)18(2)20(4)22(27)6/h7-14,33H,15-16H2,1-6H3/t29-/m1/s1. The van der Waals surface area contributed by atoms with Crippen molar-refractivity contribution in [2.45, 2.75) is 60.1 Å². The Hall–Kier alpha value is -3.24. The van der Waals surface area contributed by atoms with Crippen molar-refractivity contribution in [1.29, 1.82) is 0 Å². The number of aryl methyl sites for hydroxylation is 1. The molecular formula is C29H31NO3. The molecule has 1 N–H and O–H groups in total. The number of carbonyl (C=O) groups is 2. The molecule has 0 saturated heterocycles. The first-order valence-electron chi connectivity index (χ1n) is 11.4. The van der Waals surface area contributed by atoms with Crippen LogP contribution < -0.4 is 4.90 Å². The molecule has 1 aliphatic rings. The van der Waals surface area contributed by atoms with Gasteiger partial charge in [0.05, 0.1) is 18.7 Å². The predicted octanol–water partition coefficient (Wildman–Crippen LogP) is 5.54. The lowest BCUT2D eigenvalue weighted by Gasteiger charge is -2.25. The quantitative estimate of drug-likeness (QED) is 0.529. The lowest BCUT2D eigenvalue weighted by atomic mass is 9.82. The number of Topliss-reactive ketones (excluding diaryl/α,β-unsaturated/α-hetero) is 1. The summed E-state index contributed by atoms with van der Waals surface area (Å²) in [5, 5.41) is 11.7. The first-order chi connectivity index (χ1) is 15.6. The number of nitrogens with zero attached hydrogens (tertiary/aromatic N) is 1. The van der Waals surface area contributed by atoms with Crippen LogP contribution >= 0.6 is 0 Å². The summed E-state index contributed by atoms with van der Waals surface area (Å²) in [7, 11) is 0. The third kappa shape index (κ3) is 3.59. The maximum atomic E-state index is 13.6. The summed E-state index contributed by atoms with van der Waals surface area (Å²) in [6, 6.07) is 15.1. The fourth-order valence-corrected chi connectivity index (χ4v) is 5.03. The van der Waals surface area contributed by atoms with Gasteiger partial charge in [0.1, 0.15) is 0 Å². The molecule has 33 heavy (non-hydrogen) atoms. The molecule has 0 aromatic heterocycles. The van der Waals surface area contributed by atoms with Gasteiger partial charge in [0.15, 0.2) is 11.4 Å². The van der Waals surface area contributed by atoms with Gasteiger partial charge < -0.3 is 10.0 Å². The maximum absolute atomic E-state index is 13.6. The minimum Gasteiger partial charge on any atom is -0.375 e. The fraction of sp³-hybridized carbons (Fsp3) is 0.310. The summed E-state index contributed by atoms with van der Waals surface area (Å²) >= 11 is 0. The smallest absolute Gasteiger partial charge is 0.264 e. The van der Waals surface area contributed by atoms with Crippen molar-refractivity contribution in [3.63, 3.8) is 0 Å².